The van der Waals surface area contributed by atoms with Gasteiger partial charge in [0, 0.05) is 16.8 Å². The molecule has 104 valence electrons. The molecule has 21 heavy (non-hydrogen) atoms. The second kappa shape index (κ2) is 4.94. The third-order valence-corrected chi connectivity index (χ3v) is 3.59. The molecular weight excluding hydrogens is 264 g/mol. The number of hydrogen-bond donors (Lipinski definition) is 0. The molecule has 0 spiro atoms. The number of hydrogen-bond acceptors (Lipinski definition) is 3. The maximum Gasteiger partial charge on any atom is 0.344 e. The van der Waals surface area contributed by atoms with Crippen LogP contribution in [0.25, 0.3) is 33.9 Å². The van der Waals surface area contributed by atoms with Crippen molar-refractivity contribution in [3.63, 3.8) is 0 Å². The van der Waals surface area contributed by atoms with Gasteiger partial charge in [0.25, 0.3) is 0 Å². The molecule has 0 fully saturated rings. The van der Waals surface area contributed by atoms with E-state index in [9.17, 15) is 4.79 Å². The van der Waals surface area contributed by atoms with Crippen LogP contribution in [0.1, 0.15) is 11.1 Å². The first-order valence-corrected chi connectivity index (χ1v) is 6.52. The maximum atomic E-state index is 12.4. The number of rotatable bonds is 3. The number of methoxy groups -OCH3 is 1. The van der Waals surface area contributed by atoms with E-state index in [-0.39, 0.29) is 5.63 Å². The second-order valence-corrected chi connectivity index (χ2v) is 4.65. The highest BCUT2D eigenvalue weighted by Crippen LogP contribution is 2.30. The molecule has 3 rings (SSSR count). The maximum absolute atomic E-state index is 12.4. The van der Waals surface area contributed by atoms with Gasteiger partial charge in [-0.2, -0.15) is 0 Å². The molecule has 3 nitrogen and oxygen atoms in total. The lowest BCUT2D eigenvalue weighted by molar-refractivity contribution is 0.414. The fraction of sp³-hybridized carbons (Fsp3) is 0.0556. The summed E-state index contributed by atoms with van der Waals surface area (Å²) in [7, 11) is 1.58. The third kappa shape index (κ3) is 1.94. The van der Waals surface area contributed by atoms with Crippen molar-refractivity contribution >= 4 is 33.9 Å². The van der Waals surface area contributed by atoms with Gasteiger partial charge in [0.15, 0.2) is 0 Å². The predicted octanol–water partition coefficient (Wildman–Crippen LogP) is 4.24. The number of benzene rings is 2. The Morgan fingerprint density at radius 2 is 1.86 bits per heavy atom. The topological polar surface area (TPSA) is 39.4 Å². The van der Waals surface area contributed by atoms with E-state index in [0.29, 0.717) is 16.7 Å². The quantitative estimate of drug-likeness (QED) is 0.531. The van der Waals surface area contributed by atoms with Gasteiger partial charge < -0.3 is 9.15 Å². The molecule has 1 aromatic heterocycles. The van der Waals surface area contributed by atoms with Crippen molar-refractivity contribution in [1.29, 1.82) is 0 Å². The van der Waals surface area contributed by atoms with E-state index in [1.165, 1.54) is 0 Å². The van der Waals surface area contributed by atoms with Crippen LogP contribution in [0.3, 0.4) is 0 Å². The average molecular weight is 278 g/mol. The molecule has 0 saturated heterocycles. The van der Waals surface area contributed by atoms with Crippen LogP contribution in [0.5, 0.6) is 5.75 Å². The molecule has 0 aliphatic heterocycles. The number of ether oxygens (including phenoxy) is 1. The standard InChI is InChI=1S/C18H14O3/c1-4-11-6-8-15-14-9-7-12(20-3)10-16(14)21-18(19)17(15)13(11)5-2/h4-10H,1-2H2,3H3. The summed E-state index contributed by atoms with van der Waals surface area (Å²) in [5, 5.41) is 2.23. The van der Waals surface area contributed by atoms with Crippen LogP contribution in [0.2, 0.25) is 0 Å². The molecule has 0 amide bonds. The van der Waals surface area contributed by atoms with Gasteiger partial charge in [-0.1, -0.05) is 37.4 Å². The molecule has 0 aliphatic rings. The average Bonchev–Trinajstić information content (AvgIpc) is 2.53. The van der Waals surface area contributed by atoms with Gasteiger partial charge in [-0.3, -0.25) is 0 Å². The zero-order valence-electron chi connectivity index (χ0n) is 11.7. The molecule has 0 radical (unpaired) electrons. The molecule has 3 heteroatoms. The summed E-state index contributed by atoms with van der Waals surface area (Å²) >= 11 is 0. The summed E-state index contributed by atoms with van der Waals surface area (Å²) < 4.78 is 10.6. The summed E-state index contributed by atoms with van der Waals surface area (Å²) in [6.45, 7) is 7.55. The first kappa shape index (κ1) is 13.2. The van der Waals surface area contributed by atoms with Gasteiger partial charge in [0.1, 0.15) is 11.3 Å². The van der Waals surface area contributed by atoms with Gasteiger partial charge in [0.2, 0.25) is 0 Å². The highest BCUT2D eigenvalue weighted by atomic mass is 16.5. The van der Waals surface area contributed by atoms with Crippen LogP contribution in [-0.2, 0) is 0 Å². The summed E-state index contributed by atoms with van der Waals surface area (Å²) in [5.41, 5.74) is 1.73. The van der Waals surface area contributed by atoms with Gasteiger partial charge in [-0.25, -0.2) is 4.79 Å². The normalized spacial score (nSPS) is 10.7. The van der Waals surface area contributed by atoms with Crippen molar-refractivity contribution in [3.8, 4) is 5.75 Å². The molecule has 0 saturated carbocycles. The van der Waals surface area contributed by atoms with E-state index >= 15 is 0 Å². The Morgan fingerprint density at radius 3 is 2.52 bits per heavy atom. The lowest BCUT2D eigenvalue weighted by Gasteiger charge is -2.09. The highest BCUT2D eigenvalue weighted by molar-refractivity contribution is 6.08. The molecule has 0 unspecified atom stereocenters. The summed E-state index contributed by atoms with van der Waals surface area (Å²) in [6, 6.07) is 9.28. The van der Waals surface area contributed by atoms with Gasteiger partial charge in [-0.05, 0) is 23.3 Å². The molecule has 1 heterocycles. The lowest BCUT2D eigenvalue weighted by Crippen LogP contribution is -2.03. The third-order valence-electron chi connectivity index (χ3n) is 3.59. The van der Waals surface area contributed by atoms with Crippen LogP contribution in [0.15, 0.2) is 52.7 Å². The van der Waals surface area contributed by atoms with E-state index in [1.807, 2.05) is 24.3 Å². The van der Waals surface area contributed by atoms with Crippen molar-refractivity contribution < 1.29 is 9.15 Å². The van der Waals surface area contributed by atoms with Crippen LogP contribution < -0.4 is 10.4 Å². The molecule has 0 aliphatic carbocycles. The SMILES string of the molecule is C=Cc1ccc2c(c1C=C)c(=O)oc1cc(OC)ccc12. The minimum Gasteiger partial charge on any atom is -0.497 e. The van der Waals surface area contributed by atoms with Crippen molar-refractivity contribution in [2.75, 3.05) is 7.11 Å². The van der Waals surface area contributed by atoms with E-state index in [0.717, 1.165) is 21.9 Å². The predicted molar refractivity (Wildman–Crippen MR) is 86.7 cm³/mol. The summed E-state index contributed by atoms with van der Waals surface area (Å²) in [6.07, 6.45) is 3.36. The van der Waals surface area contributed by atoms with Gasteiger partial charge >= 0.3 is 5.63 Å². The zero-order chi connectivity index (χ0) is 15.0. The van der Waals surface area contributed by atoms with E-state index in [4.69, 9.17) is 9.15 Å². The zero-order valence-corrected chi connectivity index (χ0v) is 11.7. The van der Waals surface area contributed by atoms with Crippen LogP contribution in [-0.4, -0.2) is 7.11 Å². The van der Waals surface area contributed by atoms with Crippen molar-refractivity contribution in [2.45, 2.75) is 0 Å². The minimum atomic E-state index is -0.385. The smallest absolute Gasteiger partial charge is 0.344 e. The Kier molecular flexibility index (Phi) is 3.10. The second-order valence-electron chi connectivity index (χ2n) is 4.65. The Labute approximate surface area is 121 Å². The van der Waals surface area contributed by atoms with E-state index < -0.39 is 0 Å². The molecule has 0 bridgehead atoms. The van der Waals surface area contributed by atoms with E-state index in [1.54, 1.807) is 25.3 Å². The van der Waals surface area contributed by atoms with Gasteiger partial charge in [-0.15, -0.1) is 0 Å². The Morgan fingerprint density at radius 1 is 1.10 bits per heavy atom. The lowest BCUT2D eigenvalue weighted by atomic mass is 9.98. The molecule has 3 aromatic rings. The number of fused-ring (bicyclic) bond motifs is 3. The van der Waals surface area contributed by atoms with Gasteiger partial charge in [0.05, 0.1) is 12.5 Å². The summed E-state index contributed by atoms with van der Waals surface area (Å²) in [5.74, 6) is 0.650. The largest absolute Gasteiger partial charge is 0.497 e. The van der Waals surface area contributed by atoms with Crippen molar-refractivity contribution in [3.05, 3.63) is 65.0 Å². The van der Waals surface area contributed by atoms with Crippen LogP contribution in [0.4, 0.5) is 0 Å². The molecule has 0 N–H and O–H groups in total. The minimum absolute atomic E-state index is 0.385. The monoisotopic (exact) mass is 278 g/mol. The Hall–Kier alpha value is -2.81. The fourth-order valence-electron chi connectivity index (χ4n) is 2.57. The first-order valence-electron chi connectivity index (χ1n) is 6.52. The highest BCUT2D eigenvalue weighted by Gasteiger charge is 2.12. The molecular formula is C18H14O3. The molecule has 0 atom stereocenters. The summed E-state index contributed by atoms with van der Waals surface area (Å²) in [4.78, 5) is 12.4. The first-order chi connectivity index (χ1) is 10.2. The fourth-order valence-corrected chi connectivity index (χ4v) is 2.57. The van der Waals surface area contributed by atoms with Crippen molar-refractivity contribution in [2.24, 2.45) is 0 Å². The molecule has 2 aromatic carbocycles. The van der Waals surface area contributed by atoms with Crippen molar-refractivity contribution in [1.82, 2.24) is 0 Å². The van der Waals surface area contributed by atoms with E-state index in [2.05, 4.69) is 13.2 Å². The Bertz CT molecular complexity index is 932. The van der Waals surface area contributed by atoms with Crippen LogP contribution in [0, 0.1) is 0 Å². The Balaban J connectivity index is 2.54. The van der Waals surface area contributed by atoms with Crippen LogP contribution >= 0.6 is 0 Å².